The summed E-state index contributed by atoms with van der Waals surface area (Å²) in [6.45, 7) is -1.17. The third kappa shape index (κ3) is 3.78. The summed E-state index contributed by atoms with van der Waals surface area (Å²) in [6, 6.07) is -1.02. The van der Waals surface area contributed by atoms with E-state index in [1.54, 1.807) is 0 Å². The van der Waals surface area contributed by atoms with Gasteiger partial charge in [0.05, 0.1) is 19.3 Å². The van der Waals surface area contributed by atoms with Gasteiger partial charge in [-0.15, -0.1) is 0 Å². The first-order chi connectivity index (χ1) is 10.8. The van der Waals surface area contributed by atoms with Crippen LogP contribution in [-0.4, -0.2) is 104 Å². The molecule has 0 bridgehead atoms. The second-order valence-corrected chi connectivity index (χ2v) is 6.00. The smallest absolute Gasteiger partial charge is 0.187 e. The second-order valence-electron chi connectivity index (χ2n) is 5.57. The van der Waals surface area contributed by atoms with Crippen LogP contribution in [0.5, 0.6) is 0 Å². The standard InChI is InChI=1S/C12H22ClNO9/c13-11-5(14)7(18)10(4(2-16)21-11)23-12-9(20)8(19)6(17)3(1-15)22-12/h3-12,15-20H,1-2,14H2/t3-,4-,5-,6+,7-,8+,9-,10-,11?,12+/m1/s1. The molecule has 136 valence electrons. The van der Waals surface area contributed by atoms with Crippen molar-refractivity contribution in [1.82, 2.24) is 0 Å². The number of hydrogen-bond acceptors (Lipinski definition) is 10. The van der Waals surface area contributed by atoms with Crippen LogP contribution >= 0.6 is 11.6 Å². The zero-order valence-corrected chi connectivity index (χ0v) is 12.8. The van der Waals surface area contributed by atoms with E-state index < -0.39 is 73.8 Å². The van der Waals surface area contributed by atoms with Crippen LogP contribution in [0.3, 0.4) is 0 Å². The molecule has 0 saturated carbocycles. The Kier molecular flexibility index (Phi) is 6.56. The Balaban J connectivity index is 2.11. The van der Waals surface area contributed by atoms with E-state index in [1.807, 2.05) is 0 Å². The fourth-order valence-corrected chi connectivity index (χ4v) is 2.86. The van der Waals surface area contributed by atoms with Gasteiger partial charge in [0.15, 0.2) is 6.29 Å². The van der Waals surface area contributed by atoms with Crippen LogP contribution in [-0.2, 0) is 14.2 Å². The summed E-state index contributed by atoms with van der Waals surface area (Å²) in [7, 11) is 0. The molecule has 0 spiro atoms. The normalized spacial score (nSPS) is 51.7. The zero-order chi connectivity index (χ0) is 17.3. The molecule has 1 unspecified atom stereocenters. The van der Waals surface area contributed by atoms with Gasteiger partial charge < -0.3 is 50.6 Å². The van der Waals surface area contributed by atoms with Gasteiger partial charge in [-0.2, -0.15) is 0 Å². The van der Waals surface area contributed by atoms with Crippen molar-refractivity contribution in [2.45, 2.75) is 60.6 Å². The van der Waals surface area contributed by atoms with E-state index in [9.17, 15) is 25.5 Å². The van der Waals surface area contributed by atoms with E-state index in [1.165, 1.54) is 0 Å². The number of nitrogens with two attached hydrogens (primary N) is 1. The molecule has 2 rings (SSSR count). The molecule has 0 aromatic heterocycles. The Morgan fingerprint density at radius 1 is 0.870 bits per heavy atom. The average molecular weight is 360 g/mol. The van der Waals surface area contributed by atoms with Crippen LogP contribution in [0.15, 0.2) is 0 Å². The first-order valence-electron chi connectivity index (χ1n) is 7.11. The fourth-order valence-electron chi connectivity index (χ4n) is 2.58. The number of ether oxygens (including phenoxy) is 3. The molecule has 0 aliphatic carbocycles. The molecule has 2 aliphatic rings. The molecule has 2 heterocycles. The van der Waals surface area contributed by atoms with Crippen LogP contribution in [0.1, 0.15) is 0 Å². The summed E-state index contributed by atoms with van der Waals surface area (Å²) < 4.78 is 15.8. The molecular formula is C12H22ClNO9. The maximum Gasteiger partial charge on any atom is 0.187 e. The van der Waals surface area contributed by atoms with E-state index in [0.29, 0.717) is 0 Å². The largest absolute Gasteiger partial charge is 0.394 e. The highest BCUT2D eigenvalue weighted by molar-refractivity contribution is 6.20. The average Bonchev–Trinajstić information content (AvgIpc) is 2.55. The van der Waals surface area contributed by atoms with E-state index in [4.69, 9.17) is 36.7 Å². The first-order valence-corrected chi connectivity index (χ1v) is 7.55. The van der Waals surface area contributed by atoms with Crippen LogP contribution in [0.2, 0.25) is 0 Å². The van der Waals surface area contributed by atoms with Gasteiger partial charge in [0.2, 0.25) is 0 Å². The van der Waals surface area contributed by atoms with Crippen molar-refractivity contribution in [2.75, 3.05) is 13.2 Å². The number of hydrogen-bond donors (Lipinski definition) is 7. The molecule has 23 heavy (non-hydrogen) atoms. The predicted molar refractivity (Wildman–Crippen MR) is 74.2 cm³/mol. The summed E-state index contributed by atoms with van der Waals surface area (Å²) in [4.78, 5) is 0. The fraction of sp³-hybridized carbons (Fsp3) is 1.00. The monoisotopic (exact) mass is 359 g/mol. The van der Waals surface area contributed by atoms with Crippen LogP contribution in [0.4, 0.5) is 0 Å². The third-order valence-corrected chi connectivity index (χ3v) is 4.42. The van der Waals surface area contributed by atoms with Gasteiger partial charge >= 0.3 is 0 Å². The molecule has 2 fully saturated rings. The number of halogens is 1. The van der Waals surface area contributed by atoms with Crippen LogP contribution < -0.4 is 5.73 Å². The van der Waals surface area contributed by atoms with Gasteiger partial charge in [-0.05, 0) is 0 Å². The zero-order valence-electron chi connectivity index (χ0n) is 12.1. The minimum absolute atomic E-state index is 0.547. The van der Waals surface area contributed by atoms with Gasteiger partial charge in [-0.3, -0.25) is 0 Å². The lowest BCUT2D eigenvalue weighted by Gasteiger charge is -2.45. The molecule has 11 heteroatoms. The van der Waals surface area contributed by atoms with Crippen molar-refractivity contribution in [3.63, 3.8) is 0 Å². The molecule has 0 amide bonds. The molecule has 10 atom stereocenters. The Morgan fingerprint density at radius 2 is 1.48 bits per heavy atom. The molecule has 10 nitrogen and oxygen atoms in total. The highest BCUT2D eigenvalue weighted by Gasteiger charge is 2.49. The minimum Gasteiger partial charge on any atom is -0.394 e. The van der Waals surface area contributed by atoms with Crippen molar-refractivity contribution in [3.05, 3.63) is 0 Å². The Morgan fingerprint density at radius 3 is 2.04 bits per heavy atom. The van der Waals surface area contributed by atoms with Crippen molar-refractivity contribution < 1.29 is 44.8 Å². The topological polar surface area (TPSA) is 175 Å². The Labute approximate surface area is 136 Å². The second kappa shape index (κ2) is 7.85. The minimum atomic E-state index is -1.65. The van der Waals surface area contributed by atoms with Gasteiger partial charge in [0.1, 0.15) is 48.3 Å². The van der Waals surface area contributed by atoms with Gasteiger partial charge in [0.25, 0.3) is 0 Å². The van der Waals surface area contributed by atoms with Crippen molar-refractivity contribution in [1.29, 1.82) is 0 Å². The molecular weight excluding hydrogens is 338 g/mol. The number of aliphatic hydroxyl groups excluding tert-OH is 6. The third-order valence-electron chi connectivity index (χ3n) is 4.02. The summed E-state index contributed by atoms with van der Waals surface area (Å²) in [6.07, 6.45) is -11.0. The quantitative estimate of drug-likeness (QED) is 0.244. The van der Waals surface area contributed by atoms with Gasteiger partial charge in [-0.1, -0.05) is 11.6 Å². The highest BCUT2D eigenvalue weighted by atomic mass is 35.5. The van der Waals surface area contributed by atoms with Crippen molar-refractivity contribution in [3.8, 4) is 0 Å². The van der Waals surface area contributed by atoms with Crippen LogP contribution in [0.25, 0.3) is 0 Å². The van der Waals surface area contributed by atoms with E-state index in [-0.39, 0.29) is 0 Å². The lowest BCUT2D eigenvalue weighted by Crippen LogP contribution is -2.65. The maximum absolute atomic E-state index is 10.1. The Bertz CT molecular complexity index is 388. The van der Waals surface area contributed by atoms with Gasteiger partial charge in [-0.25, -0.2) is 0 Å². The highest BCUT2D eigenvalue weighted by Crippen LogP contribution is 2.29. The molecule has 0 aromatic carbocycles. The summed E-state index contributed by atoms with van der Waals surface area (Å²) in [5, 5.41) is 58.0. The van der Waals surface area contributed by atoms with E-state index in [0.717, 1.165) is 0 Å². The van der Waals surface area contributed by atoms with E-state index in [2.05, 4.69) is 0 Å². The number of rotatable bonds is 4. The first kappa shape index (κ1) is 19.2. The number of aliphatic hydroxyl groups is 6. The van der Waals surface area contributed by atoms with Crippen molar-refractivity contribution in [2.24, 2.45) is 5.73 Å². The Hall–Kier alpha value is -0.110. The molecule has 2 saturated heterocycles. The molecule has 0 aromatic rings. The lowest BCUT2D eigenvalue weighted by molar-refractivity contribution is -0.333. The van der Waals surface area contributed by atoms with Gasteiger partial charge in [0, 0.05) is 0 Å². The summed E-state index contributed by atoms with van der Waals surface area (Å²) in [5.74, 6) is 0. The molecule has 2 aliphatic heterocycles. The SMILES string of the molecule is N[C@H]1C(Cl)O[C@H](CO)[C@@H](O[C@@H]2O[C@H](CO)[C@H](O)[C@H](O)[C@H]2O)[C@@H]1O. The van der Waals surface area contributed by atoms with E-state index >= 15 is 0 Å². The maximum atomic E-state index is 10.1. The summed E-state index contributed by atoms with van der Waals surface area (Å²) >= 11 is 5.80. The molecule has 8 N–H and O–H groups in total. The lowest BCUT2D eigenvalue weighted by atomic mass is 9.97. The molecule has 0 radical (unpaired) electrons. The number of alkyl halides is 1. The van der Waals surface area contributed by atoms with Crippen molar-refractivity contribution >= 4 is 11.6 Å². The predicted octanol–water partition coefficient (Wildman–Crippen LogP) is -4.18. The summed E-state index contributed by atoms with van der Waals surface area (Å²) in [5.41, 5.74) is 4.63. The van der Waals surface area contributed by atoms with Crippen LogP contribution in [0, 0.1) is 0 Å².